The highest BCUT2D eigenvalue weighted by atomic mass is 16.5. The SMILES string of the molecule is CNc1cnc2[nH]cc(C(=O)c3ccccn3)c2c1NC(C=O)COC. The van der Waals surface area contributed by atoms with Crippen molar-refractivity contribution in [3.63, 3.8) is 0 Å². The Labute approximate surface area is 150 Å². The topological polar surface area (TPSA) is 109 Å². The second kappa shape index (κ2) is 7.75. The predicted molar refractivity (Wildman–Crippen MR) is 98.7 cm³/mol. The summed E-state index contributed by atoms with van der Waals surface area (Å²) < 4.78 is 5.07. The molecule has 0 aliphatic rings. The lowest BCUT2D eigenvalue weighted by molar-refractivity contribution is -0.109. The molecule has 0 aromatic carbocycles. The summed E-state index contributed by atoms with van der Waals surface area (Å²) >= 11 is 0. The average molecular weight is 353 g/mol. The third-order valence-corrected chi connectivity index (χ3v) is 3.95. The van der Waals surface area contributed by atoms with E-state index in [9.17, 15) is 9.59 Å². The molecule has 3 N–H and O–H groups in total. The first kappa shape index (κ1) is 17.6. The first-order valence-electron chi connectivity index (χ1n) is 8.04. The van der Waals surface area contributed by atoms with Gasteiger partial charge >= 0.3 is 0 Å². The molecule has 0 radical (unpaired) electrons. The molecule has 3 rings (SSSR count). The van der Waals surface area contributed by atoms with E-state index in [4.69, 9.17) is 4.74 Å². The van der Waals surface area contributed by atoms with Gasteiger partial charge < -0.3 is 25.1 Å². The first-order valence-corrected chi connectivity index (χ1v) is 8.04. The fraction of sp³-hybridized carbons (Fsp3) is 0.222. The summed E-state index contributed by atoms with van der Waals surface area (Å²) in [5.41, 5.74) is 2.56. The Bertz CT molecular complexity index is 923. The predicted octanol–water partition coefficient (Wildman–Crippen LogP) is 1.86. The lowest BCUT2D eigenvalue weighted by atomic mass is 10.1. The monoisotopic (exact) mass is 353 g/mol. The number of aldehydes is 1. The summed E-state index contributed by atoms with van der Waals surface area (Å²) in [7, 11) is 3.26. The number of hydrogen-bond donors (Lipinski definition) is 3. The van der Waals surface area contributed by atoms with Gasteiger partial charge in [0.05, 0.1) is 35.1 Å². The fourth-order valence-electron chi connectivity index (χ4n) is 2.73. The van der Waals surface area contributed by atoms with Crippen LogP contribution in [0.1, 0.15) is 16.1 Å². The molecule has 0 saturated heterocycles. The van der Waals surface area contributed by atoms with Crippen molar-refractivity contribution < 1.29 is 14.3 Å². The molecule has 0 saturated carbocycles. The maximum Gasteiger partial charge on any atom is 0.213 e. The smallest absolute Gasteiger partial charge is 0.213 e. The molecular formula is C18H19N5O3. The number of rotatable bonds is 8. The second-order valence-electron chi connectivity index (χ2n) is 5.61. The summed E-state index contributed by atoms with van der Waals surface area (Å²) in [6, 6.07) is 4.60. The zero-order chi connectivity index (χ0) is 18.5. The number of ether oxygens (including phenoxy) is 1. The van der Waals surface area contributed by atoms with Crippen LogP contribution in [-0.4, -0.2) is 53.8 Å². The summed E-state index contributed by atoms with van der Waals surface area (Å²) in [6.45, 7) is 0.199. The number of nitrogens with zero attached hydrogens (tertiary/aromatic N) is 2. The molecular weight excluding hydrogens is 334 g/mol. The summed E-state index contributed by atoms with van der Waals surface area (Å²) in [5, 5.41) is 6.76. The summed E-state index contributed by atoms with van der Waals surface area (Å²) in [6.07, 6.45) is 5.57. The Kier molecular flexibility index (Phi) is 5.23. The molecule has 1 atom stereocenters. The van der Waals surface area contributed by atoms with Crippen LogP contribution in [0.4, 0.5) is 11.4 Å². The van der Waals surface area contributed by atoms with Gasteiger partial charge in [-0.3, -0.25) is 9.78 Å². The van der Waals surface area contributed by atoms with Crippen molar-refractivity contribution in [2.24, 2.45) is 0 Å². The third-order valence-electron chi connectivity index (χ3n) is 3.95. The number of H-pyrrole nitrogens is 1. The Morgan fingerprint density at radius 1 is 1.38 bits per heavy atom. The molecule has 134 valence electrons. The Morgan fingerprint density at radius 3 is 2.88 bits per heavy atom. The van der Waals surface area contributed by atoms with Crippen LogP contribution >= 0.6 is 0 Å². The number of pyridine rings is 2. The quantitative estimate of drug-likeness (QED) is 0.419. The second-order valence-corrected chi connectivity index (χ2v) is 5.61. The Morgan fingerprint density at radius 2 is 2.23 bits per heavy atom. The minimum Gasteiger partial charge on any atom is -0.385 e. The minimum absolute atomic E-state index is 0.199. The average Bonchev–Trinajstić information content (AvgIpc) is 3.12. The number of ketones is 1. The van der Waals surface area contributed by atoms with Gasteiger partial charge in [0.15, 0.2) is 0 Å². The van der Waals surface area contributed by atoms with Crippen molar-refractivity contribution in [3.8, 4) is 0 Å². The van der Waals surface area contributed by atoms with Crippen LogP contribution in [-0.2, 0) is 9.53 Å². The zero-order valence-electron chi connectivity index (χ0n) is 14.4. The maximum absolute atomic E-state index is 12.9. The number of aromatic nitrogens is 3. The number of aromatic amines is 1. The van der Waals surface area contributed by atoms with Crippen LogP contribution in [0.3, 0.4) is 0 Å². The van der Waals surface area contributed by atoms with Gasteiger partial charge in [-0.1, -0.05) is 6.07 Å². The Balaban J connectivity index is 2.14. The number of hydrogen-bond acceptors (Lipinski definition) is 7. The minimum atomic E-state index is -0.564. The standard InChI is InChI=1S/C18H19N5O3/c1-19-14-8-22-18-15(16(14)23-11(9-24)10-26-2)12(7-21-18)17(25)13-5-3-4-6-20-13/h3-9,11,19H,10H2,1-2H3,(H2,21,22,23). The molecule has 3 aromatic rings. The van der Waals surface area contributed by atoms with E-state index < -0.39 is 6.04 Å². The largest absolute Gasteiger partial charge is 0.385 e. The number of fused-ring (bicyclic) bond motifs is 1. The molecule has 0 aliphatic carbocycles. The van der Waals surface area contributed by atoms with Gasteiger partial charge in [0.2, 0.25) is 5.78 Å². The van der Waals surface area contributed by atoms with Crippen LogP contribution in [0, 0.1) is 0 Å². The number of nitrogens with one attached hydrogen (secondary N) is 3. The zero-order valence-corrected chi connectivity index (χ0v) is 14.4. The molecule has 8 heteroatoms. The van der Waals surface area contributed by atoms with Crippen molar-refractivity contribution in [3.05, 3.63) is 48.0 Å². The highest BCUT2D eigenvalue weighted by Gasteiger charge is 2.22. The number of carbonyl (C=O) groups is 2. The van der Waals surface area contributed by atoms with Gasteiger partial charge in [-0.25, -0.2) is 4.98 Å². The van der Waals surface area contributed by atoms with E-state index in [0.717, 1.165) is 6.29 Å². The van der Waals surface area contributed by atoms with Crippen molar-refractivity contribution >= 4 is 34.5 Å². The molecule has 0 fully saturated rings. The van der Waals surface area contributed by atoms with E-state index in [1.54, 1.807) is 43.8 Å². The lowest BCUT2D eigenvalue weighted by Crippen LogP contribution is -2.27. The van der Waals surface area contributed by atoms with Crippen LogP contribution < -0.4 is 10.6 Å². The molecule has 1 unspecified atom stereocenters. The lowest BCUT2D eigenvalue weighted by Gasteiger charge is -2.17. The van der Waals surface area contributed by atoms with Crippen molar-refractivity contribution in [1.82, 2.24) is 15.0 Å². The van der Waals surface area contributed by atoms with Gasteiger partial charge in [-0.15, -0.1) is 0 Å². The van der Waals surface area contributed by atoms with E-state index in [2.05, 4.69) is 25.6 Å². The molecule has 0 aliphatic heterocycles. The van der Waals surface area contributed by atoms with Crippen LogP contribution in [0.5, 0.6) is 0 Å². The van der Waals surface area contributed by atoms with Gasteiger partial charge in [0, 0.05) is 26.6 Å². The van der Waals surface area contributed by atoms with Crippen LogP contribution in [0.25, 0.3) is 11.0 Å². The molecule has 26 heavy (non-hydrogen) atoms. The highest BCUT2D eigenvalue weighted by molar-refractivity contribution is 6.18. The van der Waals surface area contributed by atoms with Crippen LogP contribution in [0.15, 0.2) is 36.8 Å². The number of anilines is 2. The molecule has 0 bridgehead atoms. The number of methoxy groups -OCH3 is 1. The molecule has 3 heterocycles. The number of carbonyl (C=O) groups excluding carboxylic acids is 2. The van der Waals surface area contributed by atoms with Crippen molar-refractivity contribution in [2.75, 3.05) is 31.4 Å². The van der Waals surface area contributed by atoms with Gasteiger partial charge in [-0.05, 0) is 12.1 Å². The molecule has 0 spiro atoms. The van der Waals surface area contributed by atoms with E-state index in [-0.39, 0.29) is 12.4 Å². The van der Waals surface area contributed by atoms with Crippen molar-refractivity contribution in [2.45, 2.75) is 6.04 Å². The van der Waals surface area contributed by atoms with Gasteiger partial charge in [0.1, 0.15) is 23.7 Å². The normalized spacial score (nSPS) is 11.9. The van der Waals surface area contributed by atoms with E-state index >= 15 is 0 Å². The Hall–Kier alpha value is -3.26. The third kappa shape index (κ3) is 3.27. The fourth-order valence-corrected chi connectivity index (χ4v) is 2.73. The van der Waals surface area contributed by atoms with Crippen LogP contribution in [0.2, 0.25) is 0 Å². The molecule has 0 amide bonds. The summed E-state index contributed by atoms with van der Waals surface area (Å²) in [4.78, 5) is 35.7. The van der Waals surface area contributed by atoms with Gasteiger partial charge in [0.25, 0.3) is 0 Å². The molecule has 8 nitrogen and oxygen atoms in total. The first-order chi connectivity index (χ1) is 12.7. The maximum atomic E-state index is 12.9. The van der Waals surface area contributed by atoms with E-state index in [1.165, 1.54) is 7.11 Å². The van der Waals surface area contributed by atoms with E-state index in [1.807, 2.05) is 0 Å². The van der Waals surface area contributed by atoms with Crippen molar-refractivity contribution in [1.29, 1.82) is 0 Å². The summed E-state index contributed by atoms with van der Waals surface area (Å²) in [5.74, 6) is -0.232. The molecule has 3 aromatic heterocycles. The highest BCUT2D eigenvalue weighted by Crippen LogP contribution is 2.33. The van der Waals surface area contributed by atoms with Gasteiger partial charge in [-0.2, -0.15) is 0 Å². The van der Waals surface area contributed by atoms with E-state index in [0.29, 0.717) is 33.7 Å².